The standard InChI is InChI=1S/C22H18ClN3O3S/c1-2-10-29-17-9-8-14(11-16(17)23)19-15(12-24-26-19)18(13-6-4-3-5-7-13)20-21(27)25-22(28)30-20/h3-9,11-12,27H,2,10H2,1H3,(H,25,28). The van der Waals surface area contributed by atoms with Crippen molar-refractivity contribution in [3.63, 3.8) is 0 Å². The Balaban J connectivity index is 1.85. The highest BCUT2D eigenvalue weighted by molar-refractivity contribution is 7.10. The van der Waals surface area contributed by atoms with E-state index in [0.29, 0.717) is 39.1 Å². The molecule has 3 aromatic rings. The van der Waals surface area contributed by atoms with Crippen LogP contribution in [0.2, 0.25) is 5.02 Å². The van der Waals surface area contributed by atoms with Gasteiger partial charge < -0.3 is 9.84 Å². The third-order valence-electron chi connectivity index (χ3n) is 4.46. The number of H-pyrrole nitrogens is 1. The zero-order valence-corrected chi connectivity index (χ0v) is 17.6. The molecule has 6 nitrogen and oxygen atoms in total. The van der Waals surface area contributed by atoms with Gasteiger partial charge >= 0.3 is 4.87 Å². The van der Waals surface area contributed by atoms with Gasteiger partial charge in [0.1, 0.15) is 16.3 Å². The Morgan fingerprint density at radius 2 is 2.03 bits per heavy atom. The fraction of sp³-hybridized carbons (Fsp3) is 0.136. The fourth-order valence-corrected chi connectivity index (χ4v) is 4.18. The van der Waals surface area contributed by atoms with Gasteiger partial charge in [-0.05, 0) is 30.2 Å². The first kappa shape index (κ1) is 20.1. The predicted molar refractivity (Wildman–Crippen MR) is 121 cm³/mol. The number of ether oxygens (including phenoxy) is 1. The number of allylic oxidation sites excluding steroid dienone is 1. The minimum Gasteiger partial charge on any atom is -0.493 e. The summed E-state index contributed by atoms with van der Waals surface area (Å²) in [4.78, 5) is 14.4. The van der Waals surface area contributed by atoms with E-state index in [9.17, 15) is 9.90 Å². The molecular formula is C22H18ClN3O3S. The number of benzene rings is 2. The molecule has 0 amide bonds. The number of rotatable bonds is 6. The lowest BCUT2D eigenvalue weighted by Crippen LogP contribution is -2.07. The first-order valence-electron chi connectivity index (χ1n) is 9.34. The van der Waals surface area contributed by atoms with Crippen LogP contribution in [0, 0.1) is 0 Å². The minimum absolute atomic E-state index is 0.183. The first-order valence-corrected chi connectivity index (χ1v) is 10.5. The van der Waals surface area contributed by atoms with E-state index in [1.165, 1.54) is 0 Å². The second-order valence-electron chi connectivity index (χ2n) is 6.53. The summed E-state index contributed by atoms with van der Waals surface area (Å²) < 4.78 is 5.65. The molecule has 2 heterocycles. The van der Waals surface area contributed by atoms with Crippen molar-refractivity contribution in [2.24, 2.45) is 10.2 Å². The van der Waals surface area contributed by atoms with E-state index in [1.807, 2.05) is 43.3 Å². The molecule has 0 saturated heterocycles. The van der Waals surface area contributed by atoms with Gasteiger partial charge in [0, 0.05) is 16.7 Å². The van der Waals surface area contributed by atoms with Crippen LogP contribution < -0.4 is 9.61 Å². The van der Waals surface area contributed by atoms with Crippen LogP contribution >= 0.6 is 22.9 Å². The fourth-order valence-electron chi connectivity index (χ4n) is 3.14. The molecule has 0 atom stereocenters. The molecule has 0 saturated carbocycles. The number of nitrogens with zero attached hydrogens (tertiary/aromatic N) is 2. The molecule has 0 radical (unpaired) electrons. The molecule has 2 aromatic carbocycles. The number of hydrogen-bond donors (Lipinski definition) is 2. The number of aromatic hydroxyl groups is 1. The molecule has 1 aliphatic rings. The molecule has 1 aliphatic heterocycles. The average molecular weight is 440 g/mol. The Morgan fingerprint density at radius 1 is 1.23 bits per heavy atom. The SMILES string of the molecule is CCCOc1ccc(C2=NN=CC2=C(c2ccccc2)c2sc(=O)[nH]c2O)cc1Cl. The van der Waals surface area contributed by atoms with E-state index >= 15 is 0 Å². The van der Waals surface area contributed by atoms with Gasteiger partial charge in [-0.25, -0.2) is 0 Å². The number of halogens is 1. The molecule has 0 aliphatic carbocycles. The smallest absolute Gasteiger partial charge is 0.307 e. The van der Waals surface area contributed by atoms with Crippen LogP contribution in [0.15, 0.2) is 69.1 Å². The highest BCUT2D eigenvalue weighted by Gasteiger charge is 2.24. The Kier molecular flexibility index (Phi) is 5.83. The number of hydrogen-bond acceptors (Lipinski definition) is 6. The van der Waals surface area contributed by atoms with Crippen molar-refractivity contribution < 1.29 is 9.84 Å². The van der Waals surface area contributed by atoms with E-state index in [1.54, 1.807) is 18.3 Å². The van der Waals surface area contributed by atoms with E-state index < -0.39 is 0 Å². The summed E-state index contributed by atoms with van der Waals surface area (Å²) in [6, 6.07) is 14.9. The lowest BCUT2D eigenvalue weighted by molar-refractivity contribution is 0.317. The molecule has 0 bridgehead atoms. The zero-order valence-electron chi connectivity index (χ0n) is 16.1. The molecule has 152 valence electrons. The largest absolute Gasteiger partial charge is 0.493 e. The third-order valence-corrected chi connectivity index (χ3v) is 5.64. The summed E-state index contributed by atoms with van der Waals surface area (Å²) in [5, 5.41) is 19.2. The lowest BCUT2D eigenvalue weighted by Gasteiger charge is -2.13. The summed E-state index contributed by atoms with van der Waals surface area (Å²) in [6.07, 6.45) is 2.51. The van der Waals surface area contributed by atoms with Crippen molar-refractivity contribution in [1.82, 2.24) is 4.98 Å². The maximum absolute atomic E-state index is 11.9. The molecule has 0 fully saturated rings. The van der Waals surface area contributed by atoms with E-state index in [2.05, 4.69) is 15.2 Å². The van der Waals surface area contributed by atoms with Crippen molar-refractivity contribution in [3.8, 4) is 11.6 Å². The minimum atomic E-state index is -0.342. The Morgan fingerprint density at radius 3 is 2.70 bits per heavy atom. The highest BCUT2D eigenvalue weighted by Crippen LogP contribution is 2.36. The maximum atomic E-state index is 11.9. The van der Waals surface area contributed by atoms with Crippen LogP contribution in [-0.2, 0) is 0 Å². The number of aromatic nitrogens is 1. The number of nitrogens with one attached hydrogen (secondary N) is 1. The number of thiazole rings is 1. The molecule has 1 aromatic heterocycles. The van der Waals surface area contributed by atoms with Crippen LogP contribution in [0.1, 0.15) is 29.3 Å². The van der Waals surface area contributed by atoms with Crippen molar-refractivity contribution in [2.45, 2.75) is 13.3 Å². The van der Waals surface area contributed by atoms with E-state index in [4.69, 9.17) is 16.3 Å². The topological polar surface area (TPSA) is 87.0 Å². The highest BCUT2D eigenvalue weighted by atomic mass is 35.5. The summed E-state index contributed by atoms with van der Waals surface area (Å²) in [5.41, 5.74) is 3.53. The van der Waals surface area contributed by atoms with Gasteiger partial charge in [-0.3, -0.25) is 9.78 Å². The van der Waals surface area contributed by atoms with Crippen LogP contribution in [0.25, 0.3) is 5.57 Å². The van der Waals surface area contributed by atoms with Gasteiger partial charge in [0.25, 0.3) is 0 Å². The van der Waals surface area contributed by atoms with Gasteiger partial charge in [-0.15, -0.1) is 5.10 Å². The van der Waals surface area contributed by atoms with Gasteiger partial charge in [0.2, 0.25) is 5.88 Å². The molecule has 0 unspecified atom stereocenters. The first-order chi connectivity index (χ1) is 14.6. The van der Waals surface area contributed by atoms with E-state index in [-0.39, 0.29) is 10.8 Å². The Labute approximate surface area is 181 Å². The molecule has 2 N–H and O–H groups in total. The van der Waals surface area contributed by atoms with Gasteiger partial charge in [-0.2, -0.15) is 5.10 Å². The summed E-state index contributed by atoms with van der Waals surface area (Å²) in [7, 11) is 0. The second-order valence-corrected chi connectivity index (χ2v) is 7.92. The summed E-state index contributed by atoms with van der Waals surface area (Å²) in [6.45, 7) is 2.61. The van der Waals surface area contributed by atoms with Gasteiger partial charge in [0.15, 0.2) is 0 Å². The van der Waals surface area contributed by atoms with Crippen LogP contribution in [-0.4, -0.2) is 28.6 Å². The summed E-state index contributed by atoms with van der Waals surface area (Å²) in [5.74, 6) is 0.425. The van der Waals surface area contributed by atoms with E-state index in [0.717, 1.165) is 28.9 Å². The molecule has 8 heteroatoms. The van der Waals surface area contributed by atoms with Crippen LogP contribution in [0.3, 0.4) is 0 Å². The van der Waals surface area contributed by atoms with Crippen molar-refractivity contribution in [2.75, 3.05) is 6.61 Å². The van der Waals surface area contributed by atoms with Crippen LogP contribution in [0.5, 0.6) is 11.6 Å². The van der Waals surface area contributed by atoms with Gasteiger partial charge in [-0.1, -0.05) is 60.2 Å². The second kappa shape index (κ2) is 8.69. The molecule has 0 spiro atoms. The Hall–Kier alpha value is -3.16. The van der Waals surface area contributed by atoms with Crippen molar-refractivity contribution >= 4 is 40.4 Å². The predicted octanol–water partition coefficient (Wildman–Crippen LogP) is 4.87. The molecular weight excluding hydrogens is 422 g/mol. The summed E-state index contributed by atoms with van der Waals surface area (Å²) >= 11 is 7.35. The zero-order chi connectivity index (χ0) is 21.1. The average Bonchev–Trinajstić information content (AvgIpc) is 3.35. The Bertz CT molecular complexity index is 1230. The van der Waals surface area contributed by atoms with Gasteiger partial charge in [0.05, 0.1) is 17.8 Å². The van der Waals surface area contributed by atoms with Crippen molar-refractivity contribution in [3.05, 3.63) is 84.8 Å². The quantitative estimate of drug-likeness (QED) is 0.574. The normalized spacial score (nSPS) is 14.7. The molecule has 4 rings (SSSR count). The van der Waals surface area contributed by atoms with Crippen LogP contribution in [0.4, 0.5) is 0 Å². The number of aromatic amines is 1. The monoisotopic (exact) mass is 439 g/mol. The third kappa shape index (κ3) is 3.94. The molecule has 30 heavy (non-hydrogen) atoms. The lowest BCUT2D eigenvalue weighted by atomic mass is 9.93. The maximum Gasteiger partial charge on any atom is 0.307 e. The van der Waals surface area contributed by atoms with Crippen molar-refractivity contribution in [1.29, 1.82) is 0 Å².